The molecular formula is C15H19ClFNO4. The van der Waals surface area contributed by atoms with Crippen molar-refractivity contribution in [1.82, 2.24) is 5.32 Å². The third kappa shape index (κ3) is 7.83. The van der Waals surface area contributed by atoms with E-state index < -0.39 is 11.8 Å². The third-order valence-corrected chi connectivity index (χ3v) is 3.19. The molecule has 0 saturated carbocycles. The van der Waals surface area contributed by atoms with Crippen molar-refractivity contribution in [2.24, 2.45) is 0 Å². The first-order valence-electron chi connectivity index (χ1n) is 7.05. The molecule has 0 atom stereocenters. The first-order valence-corrected chi connectivity index (χ1v) is 7.43. The minimum atomic E-state index is -0.787. The number of carboxylic acids is 1. The Hall–Kier alpha value is -1.82. The number of amides is 1. The Kier molecular flexibility index (Phi) is 8.28. The molecule has 7 heteroatoms. The molecule has 5 nitrogen and oxygen atoms in total. The Morgan fingerprint density at radius 2 is 1.95 bits per heavy atom. The number of hydrogen-bond donors (Lipinski definition) is 2. The van der Waals surface area contributed by atoms with Crippen LogP contribution < -0.4 is 10.1 Å². The summed E-state index contributed by atoms with van der Waals surface area (Å²) in [5.74, 6) is -1.28. The average molecular weight is 332 g/mol. The highest BCUT2D eigenvalue weighted by Crippen LogP contribution is 2.24. The second-order valence-electron chi connectivity index (χ2n) is 4.77. The van der Waals surface area contributed by atoms with Crippen LogP contribution in [0, 0.1) is 5.82 Å². The highest BCUT2D eigenvalue weighted by Gasteiger charge is 2.06. The van der Waals surface area contributed by atoms with Crippen LogP contribution in [0.15, 0.2) is 18.2 Å². The lowest BCUT2D eigenvalue weighted by atomic mass is 10.1. The number of aliphatic carboxylic acids is 1. The second kappa shape index (κ2) is 10.00. The number of benzene rings is 1. The van der Waals surface area contributed by atoms with E-state index in [9.17, 15) is 14.0 Å². The maximum Gasteiger partial charge on any atom is 0.303 e. The van der Waals surface area contributed by atoms with E-state index in [-0.39, 0.29) is 29.7 Å². The maximum absolute atomic E-state index is 12.8. The van der Waals surface area contributed by atoms with E-state index in [1.54, 1.807) is 0 Å². The van der Waals surface area contributed by atoms with Crippen LogP contribution in [-0.2, 0) is 9.59 Å². The molecular weight excluding hydrogens is 313 g/mol. The smallest absolute Gasteiger partial charge is 0.303 e. The fourth-order valence-electron chi connectivity index (χ4n) is 1.77. The fourth-order valence-corrected chi connectivity index (χ4v) is 1.99. The number of unbranched alkanes of at least 4 members (excludes halogenated alkanes) is 3. The predicted molar refractivity (Wildman–Crippen MR) is 80.6 cm³/mol. The molecule has 0 aliphatic heterocycles. The van der Waals surface area contributed by atoms with Crippen LogP contribution in [0.1, 0.15) is 32.1 Å². The number of carbonyl (C=O) groups excluding carboxylic acids is 1. The van der Waals surface area contributed by atoms with Crippen molar-refractivity contribution in [3.05, 3.63) is 29.0 Å². The van der Waals surface area contributed by atoms with Crippen LogP contribution in [0.2, 0.25) is 5.02 Å². The molecule has 0 bridgehead atoms. The van der Waals surface area contributed by atoms with Gasteiger partial charge < -0.3 is 15.2 Å². The van der Waals surface area contributed by atoms with Crippen molar-refractivity contribution in [2.45, 2.75) is 32.1 Å². The van der Waals surface area contributed by atoms with Crippen molar-refractivity contribution in [3.8, 4) is 5.75 Å². The van der Waals surface area contributed by atoms with Gasteiger partial charge >= 0.3 is 5.97 Å². The summed E-state index contributed by atoms with van der Waals surface area (Å²) in [6.07, 6.45) is 3.29. The Bertz CT molecular complexity index is 510. The molecule has 1 aromatic carbocycles. The van der Waals surface area contributed by atoms with Crippen LogP contribution in [0.5, 0.6) is 5.75 Å². The number of hydrogen-bond acceptors (Lipinski definition) is 3. The first kappa shape index (κ1) is 18.2. The molecule has 0 fully saturated rings. The number of rotatable bonds is 10. The lowest BCUT2D eigenvalue weighted by Gasteiger charge is -2.08. The number of halogens is 2. The summed E-state index contributed by atoms with van der Waals surface area (Å²) in [6, 6.07) is 3.69. The van der Waals surface area contributed by atoms with Crippen LogP contribution in [0.3, 0.4) is 0 Å². The maximum atomic E-state index is 12.8. The Balaban J connectivity index is 2.10. The number of ether oxygens (including phenoxy) is 1. The van der Waals surface area contributed by atoms with Crippen molar-refractivity contribution in [2.75, 3.05) is 13.2 Å². The summed E-state index contributed by atoms with van der Waals surface area (Å²) in [5, 5.41) is 11.3. The van der Waals surface area contributed by atoms with E-state index in [0.29, 0.717) is 13.0 Å². The van der Waals surface area contributed by atoms with Gasteiger partial charge in [-0.2, -0.15) is 0 Å². The Morgan fingerprint density at radius 1 is 1.23 bits per heavy atom. The van der Waals surface area contributed by atoms with Crippen LogP contribution in [0.25, 0.3) is 0 Å². The summed E-state index contributed by atoms with van der Waals surface area (Å²) in [6.45, 7) is 0.316. The van der Waals surface area contributed by atoms with Gasteiger partial charge in [-0.15, -0.1) is 0 Å². The highest BCUT2D eigenvalue weighted by atomic mass is 35.5. The van der Waals surface area contributed by atoms with E-state index >= 15 is 0 Å². The monoisotopic (exact) mass is 331 g/mol. The van der Waals surface area contributed by atoms with Crippen LogP contribution in [-0.4, -0.2) is 30.1 Å². The Labute approximate surface area is 133 Å². The van der Waals surface area contributed by atoms with E-state index in [1.165, 1.54) is 12.1 Å². The van der Waals surface area contributed by atoms with Gasteiger partial charge in [0.1, 0.15) is 11.6 Å². The van der Waals surface area contributed by atoms with Gasteiger partial charge in [0.2, 0.25) is 0 Å². The molecule has 0 radical (unpaired) electrons. The largest absolute Gasteiger partial charge is 0.482 e. The number of carboxylic acid groups (broad SMARTS) is 1. The minimum absolute atomic E-state index is 0.117. The molecule has 1 amide bonds. The van der Waals surface area contributed by atoms with Gasteiger partial charge in [0.25, 0.3) is 5.91 Å². The van der Waals surface area contributed by atoms with Crippen LogP contribution >= 0.6 is 11.6 Å². The minimum Gasteiger partial charge on any atom is -0.482 e. The fraction of sp³-hybridized carbons (Fsp3) is 0.467. The molecule has 0 spiro atoms. The highest BCUT2D eigenvalue weighted by molar-refractivity contribution is 6.32. The van der Waals surface area contributed by atoms with Crippen molar-refractivity contribution in [3.63, 3.8) is 0 Å². The van der Waals surface area contributed by atoms with E-state index in [2.05, 4.69) is 5.32 Å². The molecule has 122 valence electrons. The lowest BCUT2D eigenvalue weighted by Crippen LogP contribution is -2.29. The van der Waals surface area contributed by atoms with Gasteiger partial charge in [0.15, 0.2) is 6.61 Å². The standard InChI is InChI=1S/C15H19ClFNO4/c16-12-9-11(17)6-7-13(12)22-10-14(19)18-8-4-2-1-3-5-15(20)21/h6-7,9H,1-5,8,10H2,(H,18,19)(H,20,21). The van der Waals surface area contributed by atoms with E-state index in [1.807, 2.05) is 0 Å². The molecule has 1 aromatic rings. The molecule has 0 heterocycles. The van der Waals surface area contributed by atoms with Gasteiger partial charge in [-0.3, -0.25) is 9.59 Å². The first-order chi connectivity index (χ1) is 10.5. The topological polar surface area (TPSA) is 75.6 Å². The zero-order valence-electron chi connectivity index (χ0n) is 12.1. The Morgan fingerprint density at radius 3 is 2.64 bits per heavy atom. The van der Waals surface area contributed by atoms with Gasteiger partial charge in [0.05, 0.1) is 5.02 Å². The number of carbonyl (C=O) groups is 2. The lowest BCUT2D eigenvalue weighted by molar-refractivity contribution is -0.137. The molecule has 0 unspecified atom stereocenters. The van der Waals surface area contributed by atoms with Crippen molar-refractivity contribution in [1.29, 1.82) is 0 Å². The zero-order valence-corrected chi connectivity index (χ0v) is 12.9. The summed E-state index contributed by atoms with van der Waals surface area (Å²) < 4.78 is 18.0. The summed E-state index contributed by atoms with van der Waals surface area (Å²) in [4.78, 5) is 21.8. The molecule has 0 saturated heterocycles. The van der Waals surface area contributed by atoms with Gasteiger partial charge in [0, 0.05) is 13.0 Å². The summed E-state index contributed by atoms with van der Waals surface area (Å²) in [7, 11) is 0. The van der Waals surface area contributed by atoms with Gasteiger partial charge in [-0.05, 0) is 31.0 Å². The average Bonchev–Trinajstić information content (AvgIpc) is 2.45. The molecule has 0 aromatic heterocycles. The van der Waals surface area contributed by atoms with Crippen molar-refractivity contribution < 1.29 is 23.8 Å². The molecule has 2 N–H and O–H groups in total. The second-order valence-corrected chi connectivity index (χ2v) is 5.18. The van der Waals surface area contributed by atoms with Gasteiger partial charge in [-0.25, -0.2) is 4.39 Å². The SMILES string of the molecule is O=C(O)CCCCCCNC(=O)COc1ccc(F)cc1Cl. The van der Waals surface area contributed by atoms with E-state index in [0.717, 1.165) is 25.3 Å². The van der Waals surface area contributed by atoms with Gasteiger partial charge in [-0.1, -0.05) is 24.4 Å². The molecule has 0 aliphatic rings. The predicted octanol–water partition coefficient (Wildman–Crippen LogP) is 3.01. The quantitative estimate of drug-likeness (QED) is 0.646. The molecule has 0 aliphatic carbocycles. The summed E-state index contributed by atoms with van der Waals surface area (Å²) >= 11 is 5.77. The molecule has 1 rings (SSSR count). The zero-order chi connectivity index (χ0) is 16.4. The third-order valence-electron chi connectivity index (χ3n) is 2.89. The van der Waals surface area contributed by atoms with Crippen molar-refractivity contribution >= 4 is 23.5 Å². The normalized spacial score (nSPS) is 10.3. The molecule has 22 heavy (non-hydrogen) atoms. The van der Waals surface area contributed by atoms with E-state index in [4.69, 9.17) is 21.4 Å². The summed E-state index contributed by atoms with van der Waals surface area (Å²) in [5.41, 5.74) is 0. The number of nitrogens with one attached hydrogen (secondary N) is 1. The van der Waals surface area contributed by atoms with Crippen LogP contribution in [0.4, 0.5) is 4.39 Å².